The van der Waals surface area contributed by atoms with Gasteiger partial charge < -0.3 is 10.5 Å². The first-order valence-electron chi connectivity index (χ1n) is 8.44. The van der Waals surface area contributed by atoms with Crippen LogP contribution in [0.15, 0.2) is 0 Å². The SMILES string of the molecule is NC(=S)CN(C1CCCC1)C1CCOC2(CCSCC2)C1. The largest absolute Gasteiger partial charge is 0.392 e. The number of ether oxygens (including phenoxy) is 1. The van der Waals surface area contributed by atoms with Crippen LogP contribution in [0.3, 0.4) is 0 Å². The van der Waals surface area contributed by atoms with Crippen LogP contribution in [0.25, 0.3) is 0 Å². The van der Waals surface area contributed by atoms with E-state index in [-0.39, 0.29) is 5.60 Å². The molecule has 1 unspecified atom stereocenters. The molecule has 0 aromatic rings. The topological polar surface area (TPSA) is 38.5 Å². The van der Waals surface area contributed by atoms with Crippen LogP contribution in [0.4, 0.5) is 0 Å². The summed E-state index contributed by atoms with van der Waals surface area (Å²) in [5.41, 5.74) is 6.05. The standard InChI is InChI=1S/C16H28N2OS2/c17-15(20)12-18(13-3-1-2-4-13)14-5-8-19-16(11-14)6-9-21-10-7-16/h13-14H,1-12H2,(H2,17,20). The molecule has 2 aliphatic heterocycles. The molecule has 3 nitrogen and oxygen atoms in total. The maximum Gasteiger partial charge on any atom is 0.0870 e. The average Bonchev–Trinajstić information content (AvgIpc) is 2.99. The van der Waals surface area contributed by atoms with E-state index in [9.17, 15) is 0 Å². The van der Waals surface area contributed by atoms with E-state index < -0.39 is 0 Å². The molecular weight excluding hydrogens is 300 g/mol. The number of nitrogens with zero attached hydrogens (tertiary/aromatic N) is 1. The first-order chi connectivity index (χ1) is 10.2. The van der Waals surface area contributed by atoms with E-state index in [1.54, 1.807) is 0 Å². The van der Waals surface area contributed by atoms with Crippen molar-refractivity contribution in [3.63, 3.8) is 0 Å². The van der Waals surface area contributed by atoms with Crippen molar-refractivity contribution >= 4 is 29.0 Å². The molecule has 1 saturated carbocycles. The number of thiocarbonyl (C=S) groups is 1. The number of hydrogen-bond acceptors (Lipinski definition) is 4. The summed E-state index contributed by atoms with van der Waals surface area (Å²) in [6.07, 6.45) is 10.2. The maximum absolute atomic E-state index is 6.25. The van der Waals surface area contributed by atoms with E-state index in [4.69, 9.17) is 22.7 Å². The van der Waals surface area contributed by atoms with E-state index in [1.165, 1.54) is 56.5 Å². The van der Waals surface area contributed by atoms with Crippen molar-refractivity contribution in [3.8, 4) is 0 Å². The van der Waals surface area contributed by atoms with Crippen LogP contribution in [0.5, 0.6) is 0 Å². The van der Waals surface area contributed by atoms with Crippen molar-refractivity contribution in [2.24, 2.45) is 5.73 Å². The lowest BCUT2D eigenvalue weighted by Crippen LogP contribution is -2.54. The monoisotopic (exact) mass is 328 g/mol. The fraction of sp³-hybridized carbons (Fsp3) is 0.938. The predicted octanol–water partition coefficient (Wildman–Crippen LogP) is 2.96. The lowest BCUT2D eigenvalue weighted by atomic mass is 9.84. The minimum atomic E-state index is 0.154. The highest BCUT2D eigenvalue weighted by Gasteiger charge is 2.42. The zero-order chi connectivity index (χ0) is 14.7. The molecule has 2 heterocycles. The summed E-state index contributed by atoms with van der Waals surface area (Å²) in [5.74, 6) is 2.51. The Labute approximate surface area is 138 Å². The molecule has 2 N–H and O–H groups in total. The maximum atomic E-state index is 6.25. The first-order valence-corrected chi connectivity index (χ1v) is 10.0. The summed E-state index contributed by atoms with van der Waals surface area (Å²) in [5, 5.41) is 0. The van der Waals surface area contributed by atoms with Crippen LogP contribution in [0, 0.1) is 0 Å². The van der Waals surface area contributed by atoms with Crippen LogP contribution >= 0.6 is 24.0 Å². The third-order valence-corrected chi connectivity index (χ3v) is 6.59. The molecule has 5 heteroatoms. The minimum absolute atomic E-state index is 0.154. The van der Waals surface area contributed by atoms with E-state index >= 15 is 0 Å². The normalized spacial score (nSPS) is 30.0. The molecular formula is C16H28N2OS2. The smallest absolute Gasteiger partial charge is 0.0870 e. The minimum Gasteiger partial charge on any atom is -0.392 e. The third-order valence-electron chi connectivity index (χ3n) is 5.47. The van der Waals surface area contributed by atoms with Crippen molar-refractivity contribution in [1.82, 2.24) is 4.90 Å². The summed E-state index contributed by atoms with van der Waals surface area (Å²) < 4.78 is 6.25. The lowest BCUT2D eigenvalue weighted by molar-refractivity contribution is -0.113. The Bertz CT molecular complexity index is 360. The molecule has 1 aliphatic carbocycles. The Balaban J connectivity index is 1.70. The molecule has 0 bridgehead atoms. The van der Waals surface area contributed by atoms with Crippen molar-refractivity contribution in [1.29, 1.82) is 0 Å². The Hall–Kier alpha value is 0.160. The first kappa shape index (κ1) is 16.0. The molecule has 120 valence electrons. The van der Waals surface area contributed by atoms with Crippen LogP contribution < -0.4 is 5.73 Å². The molecule has 1 spiro atoms. The number of rotatable bonds is 4. The number of nitrogens with two attached hydrogens (primary N) is 1. The van der Waals surface area contributed by atoms with E-state index in [0.29, 0.717) is 17.1 Å². The van der Waals surface area contributed by atoms with Gasteiger partial charge in [-0.3, -0.25) is 4.90 Å². The Morgan fingerprint density at radius 2 is 1.90 bits per heavy atom. The van der Waals surface area contributed by atoms with Crippen molar-refractivity contribution in [3.05, 3.63) is 0 Å². The van der Waals surface area contributed by atoms with E-state index in [2.05, 4.69) is 16.7 Å². The van der Waals surface area contributed by atoms with Gasteiger partial charge in [0.1, 0.15) is 0 Å². The fourth-order valence-electron chi connectivity index (χ4n) is 4.35. The second-order valence-electron chi connectivity index (χ2n) is 6.87. The van der Waals surface area contributed by atoms with Gasteiger partial charge >= 0.3 is 0 Å². The van der Waals surface area contributed by atoms with Gasteiger partial charge in [0.2, 0.25) is 0 Å². The van der Waals surface area contributed by atoms with Gasteiger partial charge in [0.05, 0.1) is 10.6 Å². The van der Waals surface area contributed by atoms with Crippen LogP contribution in [0.1, 0.15) is 51.4 Å². The van der Waals surface area contributed by atoms with E-state index in [1.807, 2.05) is 0 Å². The van der Waals surface area contributed by atoms with Crippen molar-refractivity contribution in [2.75, 3.05) is 24.7 Å². The summed E-state index contributed by atoms with van der Waals surface area (Å²) in [6, 6.07) is 1.32. The Morgan fingerprint density at radius 3 is 2.57 bits per heavy atom. The van der Waals surface area contributed by atoms with Crippen LogP contribution in [-0.4, -0.2) is 52.2 Å². The number of thioether (sulfide) groups is 1. The lowest BCUT2D eigenvalue weighted by Gasteiger charge is -2.47. The molecule has 3 rings (SSSR count). The molecule has 3 aliphatic rings. The molecule has 21 heavy (non-hydrogen) atoms. The van der Waals surface area contributed by atoms with E-state index in [0.717, 1.165) is 19.6 Å². The Kier molecular flexibility index (Phi) is 5.46. The van der Waals surface area contributed by atoms with Crippen molar-refractivity contribution < 1.29 is 4.74 Å². The van der Waals surface area contributed by atoms with Gasteiger partial charge in [-0.25, -0.2) is 0 Å². The molecule has 2 saturated heterocycles. The van der Waals surface area contributed by atoms with Gasteiger partial charge in [-0.1, -0.05) is 25.1 Å². The average molecular weight is 329 g/mol. The van der Waals surface area contributed by atoms with Gasteiger partial charge in [-0.15, -0.1) is 0 Å². The zero-order valence-electron chi connectivity index (χ0n) is 12.9. The van der Waals surface area contributed by atoms with Crippen LogP contribution in [-0.2, 0) is 4.74 Å². The highest BCUT2D eigenvalue weighted by atomic mass is 32.2. The second-order valence-corrected chi connectivity index (χ2v) is 8.62. The van der Waals surface area contributed by atoms with Gasteiger partial charge in [-0.05, 0) is 50.0 Å². The zero-order valence-corrected chi connectivity index (χ0v) is 14.5. The molecule has 0 amide bonds. The summed E-state index contributed by atoms with van der Waals surface area (Å²) in [6.45, 7) is 1.71. The summed E-state index contributed by atoms with van der Waals surface area (Å²) in [7, 11) is 0. The molecule has 3 fully saturated rings. The molecule has 0 aromatic carbocycles. The second kappa shape index (κ2) is 7.16. The summed E-state index contributed by atoms with van der Waals surface area (Å²) in [4.78, 5) is 3.29. The van der Waals surface area contributed by atoms with Gasteiger partial charge in [0, 0.05) is 25.2 Å². The molecule has 0 radical (unpaired) electrons. The van der Waals surface area contributed by atoms with Gasteiger partial charge in [-0.2, -0.15) is 11.8 Å². The predicted molar refractivity (Wildman–Crippen MR) is 94.0 cm³/mol. The highest BCUT2D eigenvalue weighted by Crippen LogP contribution is 2.40. The van der Waals surface area contributed by atoms with Gasteiger partial charge in [0.25, 0.3) is 0 Å². The summed E-state index contributed by atoms with van der Waals surface area (Å²) >= 11 is 7.30. The molecule has 0 aromatic heterocycles. The molecule has 1 atom stereocenters. The van der Waals surface area contributed by atoms with Gasteiger partial charge in [0.15, 0.2) is 0 Å². The highest BCUT2D eigenvalue weighted by molar-refractivity contribution is 7.99. The fourth-order valence-corrected chi connectivity index (χ4v) is 5.73. The quantitative estimate of drug-likeness (QED) is 0.803. The van der Waals surface area contributed by atoms with Crippen molar-refractivity contribution in [2.45, 2.75) is 69.1 Å². The Morgan fingerprint density at radius 1 is 1.19 bits per heavy atom. The third kappa shape index (κ3) is 3.92. The number of hydrogen-bond donors (Lipinski definition) is 1. The van der Waals surface area contributed by atoms with Crippen LogP contribution in [0.2, 0.25) is 0 Å².